The molecule has 1 aliphatic carbocycles. The zero-order chi connectivity index (χ0) is 16.4. The van der Waals surface area contributed by atoms with Gasteiger partial charge in [0.15, 0.2) is 0 Å². The van der Waals surface area contributed by atoms with E-state index in [1.165, 1.54) is 4.31 Å². The van der Waals surface area contributed by atoms with Crippen LogP contribution in [0, 0.1) is 0 Å². The third-order valence-electron chi connectivity index (χ3n) is 3.92. The smallest absolute Gasteiger partial charge is 0.237 e. The molecule has 122 valence electrons. The molecule has 1 saturated carbocycles. The summed E-state index contributed by atoms with van der Waals surface area (Å²) < 4.78 is 25.6. The van der Waals surface area contributed by atoms with Crippen LogP contribution in [0.2, 0.25) is 5.02 Å². The normalized spacial score (nSPS) is 16.5. The molecule has 1 aliphatic rings. The Labute approximate surface area is 136 Å². The van der Waals surface area contributed by atoms with Crippen molar-refractivity contribution in [1.82, 2.24) is 9.62 Å². The van der Waals surface area contributed by atoms with E-state index >= 15 is 0 Å². The summed E-state index contributed by atoms with van der Waals surface area (Å²) >= 11 is 5.99. The number of carbonyl (C=O) groups excluding carboxylic acids is 1. The molecule has 0 radical (unpaired) electrons. The van der Waals surface area contributed by atoms with Crippen molar-refractivity contribution in [3.8, 4) is 0 Å². The molecule has 1 aromatic carbocycles. The first-order valence-corrected chi connectivity index (χ1v) is 9.36. The number of nitrogens with zero attached hydrogens (tertiary/aromatic N) is 1. The zero-order valence-electron chi connectivity index (χ0n) is 12.8. The Morgan fingerprint density at radius 2 is 1.95 bits per heavy atom. The lowest BCUT2D eigenvalue weighted by Gasteiger charge is -2.21. The maximum atomic E-state index is 12.2. The zero-order valence-corrected chi connectivity index (χ0v) is 14.4. The fraction of sp³-hybridized carbons (Fsp3) is 0.533. The minimum atomic E-state index is -3.56. The molecule has 0 heterocycles. The van der Waals surface area contributed by atoms with Crippen LogP contribution in [0.1, 0.15) is 32.3 Å². The minimum Gasteiger partial charge on any atom is -0.346 e. The van der Waals surface area contributed by atoms with E-state index in [9.17, 15) is 13.2 Å². The number of hydrogen-bond acceptors (Lipinski definition) is 3. The molecular weight excluding hydrogens is 324 g/mol. The first-order chi connectivity index (χ1) is 10.3. The van der Waals surface area contributed by atoms with Crippen LogP contribution in [-0.2, 0) is 20.4 Å². The average Bonchev–Trinajstić information content (AvgIpc) is 3.19. The summed E-state index contributed by atoms with van der Waals surface area (Å²) in [5.41, 5.74) is 0.467. The van der Waals surface area contributed by atoms with Gasteiger partial charge in [0.25, 0.3) is 0 Å². The second-order valence-electron chi connectivity index (χ2n) is 5.48. The lowest BCUT2D eigenvalue weighted by molar-refractivity contribution is -0.119. The van der Waals surface area contributed by atoms with Gasteiger partial charge in [0, 0.05) is 18.1 Å². The van der Waals surface area contributed by atoms with Crippen molar-refractivity contribution in [3.63, 3.8) is 0 Å². The fourth-order valence-electron chi connectivity index (χ4n) is 2.57. The number of nitrogens with one attached hydrogen (secondary N) is 1. The Balaban J connectivity index is 2.06. The monoisotopic (exact) mass is 344 g/mol. The van der Waals surface area contributed by atoms with Gasteiger partial charge in [-0.25, -0.2) is 12.7 Å². The lowest BCUT2D eigenvalue weighted by Crippen LogP contribution is -2.42. The Bertz CT molecular complexity index is 653. The van der Waals surface area contributed by atoms with Crippen molar-refractivity contribution in [2.24, 2.45) is 0 Å². The molecular formula is C15H21ClN2O3S. The van der Waals surface area contributed by atoms with Crippen molar-refractivity contribution in [1.29, 1.82) is 0 Å². The highest BCUT2D eigenvalue weighted by molar-refractivity contribution is 7.89. The molecule has 0 saturated heterocycles. The number of halogens is 1. The minimum absolute atomic E-state index is 0.367. The third-order valence-corrected chi connectivity index (χ3v) is 6.08. The number of sulfonamides is 1. The number of rotatable bonds is 7. The van der Waals surface area contributed by atoms with Gasteiger partial charge in [-0.1, -0.05) is 37.6 Å². The van der Waals surface area contributed by atoms with Crippen LogP contribution >= 0.6 is 11.6 Å². The molecule has 1 amide bonds. The Hall–Kier alpha value is -1.11. The van der Waals surface area contributed by atoms with Gasteiger partial charge in [-0.15, -0.1) is 0 Å². The molecule has 7 heteroatoms. The summed E-state index contributed by atoms with van der Waals surface area (Å²) in [4.78, 5) is 12.2. The van der Waals surface area contributed by atoms with E-state index in [1.807, 2.05) is 18.2 Å². The molecule has 1 fully saturated rings. The van der Waals surface area contributed by atoms with Gasteiger partial charge in [-0.05, 0) is 30.5 Å². The molecule has 0 bridgehead atoms. The van der Waals surface area contributed by atoms with Crippen molar-refractivity contribution in [2.45, 2.75) is 32.2 Å². The van der Waals surface area contributed by atoms with Gasteiger partial charge in [0.2, 0.25) is 15.9 Å². The largest absolute Gasteiger partial charge is 0.346 e. The highest BCUT2D eigenvalue weighted by Gasteiger charge is 2.46. The molecule has 5 nitrogen and oxygen atoms in total. The first kappa shape index (κ1) is 17.2. The van der Waals surface area contributed by atoms with Crippen LogP contribution < -0.4 is 5.32 Å². The number of carbonyl (C=O) groups is 1. The van der Waals surface area contributed by atoms with Crippen molar-refractivity contribution < 1.29 is 13.2 Å². The van der Waals surface area contributed by atoms with E-state index in [0.717, 1.165) is 18.4 Å². The highest BCUT2D eigenvalue weighted by Crippen LogP contribution is 2.45. The van der Waals surface area contributed by atoms with Gasteiger partial charge in [0.05, 0.1) is 5.54 Å². The van der Waals surface area contributed by atoms with Crippen molar-refractivity contribution in [2.75, 3.05) is 18.8 Å². The van der Waals surface area contributed by atoms with Crippen LogP contribution in [0.25, 0.3) is 0 Å². The van der Waals surface area contributed by atoms with Crippen LogP contribution in [0.5, 0.6) is 0 Å². The number of hydrogen-bond donors (Lipinski definition) is 1. The van der Waals surface area contributed by atoms with Gasteiger partial charge in [-0.2, -0.15) is 0 Å². The van der Waals surface area contributed by atoms with Gasteiger partial charge >= 0.3 is 0 Å². The quantitative estimate of drug-likeness (QED) is 0.823. The summed E-state index contributed by atoms with van der Waals surface area (Å²) in [6, 6.07) is 7.32. The molecule has 0 unspecified atom stereocenters. The van der Waals surface area contributed by atoms with E-state index in [0.29, 0.717) is 18.1 Å². The van der Waals surface area contributed by atoms with Crippen LogP contribution in [0.15, 0.2) is 24.3 Å². The standard InChI is InChI=1S/C15H21ClN2O3S/c1-3-18(4-2)22(20,21)11-14(19)17-15(8-9-15)12-6-5-7-13(16)10-12/h5-7,10H,3-4,8-9,11H2,1-2H3,(H,17,19). The Morgan fingerprint density at radius 1 is 1.32 bits per heavy atom. The van der Waals surface area contributed by atoms with Gasteiger partial charge < -0.3 is 5.32 Å². The van der Waals surface area contributed by atoms with Crippen LogP contribution in [-0.4, -0.2) is 37.5 Å². The Kier molecular flexibility index (Phi) is 5.14. The summed E-state index contributed by atoms with van der Waals surface area (Å²) in [7, 11) is -3.56. The predicted molar refractivity (Wildman–Crippen MR) is 87.2 cm³/mol. The first-order valence-electron chi connectivity index (χ1n) is 7.38. The maximum absolute atomic E-state index is 12.2. The number of amides is 1. The predicted octanol–water partition coefficient (Wildman–Crippen LogP) is 2.12. The molecule has 0 spiro atoms. The topological polar surface area (TPSA) is 66.5 Å². The molecule has 0 atom stereocenters. The molecule has 0 aromatic heterocycles. The van der Waals surface area contributed by atoms with Gasteiger partial charge in [-0.3, -0.25) is 4.79 Å². The molecule has 2 rings (SSSR count). The summed E-state index contributed by atoms with van der Waals surface area (Å²) in [5, 5.41) is 3.47. The van der Waals surface area contributed by atoms with E-state index in [-0.39, 0.29) is 0 Å². The van der Waals surface area contributed by atoms with E-state index in [1.54, 1.807) is 19.9 Å². The third kappa shape index (κ3) is 3.80. The van der Waals surface area contributed by atoms with E-state index in [2.05, 4.69) is 5.32 Å². The lowest BCUT2D eigenvalue weighted by atomic mass is 10.1. The van der Waals surface area contributed by atoms with E-state index in [4.69, 9.17) is 11.6 Å². The SMILES string of the molecule is CCN(CC)S(=O)(=O)CC(=O)NC1(c2cccc(Cl)c2)CC1. The molecule has 0 aliphatic heterocycles. The molecule has 22 heavy (non-hydrogen) atoms. The van der Waals surface area contributed by atoms with Crippen molar-refractivity contribution in [3.05, 3.63) is 34.9 Å². The maximum Gasteiger partial charge on any atom is 0.237 e. The van der Waals surface area contributed by atoms with E-state index < -0.39 is 27.2 Å². The summed E-state index contributed by atoms with van der Waals surface area (Å²) in [5.74, 6) is -0.985. The van der Waals surface area contributed by atoms with Crippen LogP contribution in [0.3, 0.4) is 0 Å². The number of benzene rings is 1. The second-order valence-corrected chi connectivity index (χ2v) is 7.89. The summed E-state index contributed by atoms with van der Waals surface area (Å²) in [6.45, 7) is 4.25. The fourth-order valence-corrected chi connectivity index (χ4v) is 4.14. The Morgan fingerprint density at radius 3 is 2.45 bits per heavy atom. The highest BCUT2D eigenvalue weighted by atomic mass is 35.5. The average molecular weight is 345 g/mol. The van der Waals surface area contributed by atoms with Gasteiger partial charge in [0.1, 0.15) is 5.75 Å². The second kappa shape index (κ2) is 6.56. The molecule has 1 aromatic rings. The van der Waals surface area contributed by atoms with Crippen molar-refractivity contribution >= 4 is 27.5 Å². The summed E-state index contributed by atoms with van der Waals surface area (Å²) in [6.07, 6.45) is 1.59. The van der Waals surface area contributed by atoms with Crippen LogP contribution in [0.4, 0.5) is 0 Å². The molecule has 1 N–H and O–H groups in total.